The summed E-state index contributed by atoms with van der Waals surface area (Å²) in [5.74, 6) is -0.521. The van der Waals surface area contributed by atoms with Gasteiger partial charge in [-0.1, -0.05) is 6.92 Å². The van der Waals surface area contributed by atoms with E-state index in [1.807, 2.05) is 0 Å². The predicted octanol–water partition coefficient (Wildman–Crippen LogP) is 3.53. The summed E-state index contributed by atoms with van der Waals surface area (Å²) < 4.78 is 5.23. The second-order valence-electron chi connectivity index (χ2n) is 6.75. The molecule has 1 aliphatic carbocycles. The van der Waals surface area contributed by atoms with Gasteiger partial charge in [0.2, 0.25) is 0 Å². The monoisotopic (exact) mass is 403 g/mol. The van der Waals surface area contributed by atoms with Gasteiger partial charge in [-0.2, -0.15) is 0 Å². The number of nitrogens with two attached hydrogens (primary N) is 1. The molecule has 28 heavy (non-hydrogen) atoms. The third-order valence-corrected chi connectivity index (χ3v) is 5.87. The van der Waals surface area contributed by atoms with Gasteiger partial charge in [-0.15, -0.1) is 11.3 Å². The predicted molar refractivity (Wildman–Crippen MR) is 106 cm³/mol. The Morgan fingerprint density at radius 2 is 2.18 bits per heavy atom. The SMILES string of the molecule is CCOc1ccc(C(=O)Nc2sc3c(c2C(N)=O)CC[C@H](C)C3)cc1[N+](=O)[O-]. The second kappa shape index (κ2) is 7.97. The lowest BCUT2D eigenvalue weighted by Crippen LogP contribution is -2.19. The van der Waals surface area contributed by atoms with Crippen molar-refractivity contribution >= 4 is 33.8 Å². The van der Waals surface area contributed by atoms with E-state index in [0.717, 1.165) is 29.7 Å². The van der Waals surface area contributed by atoms with Crippen molar-refractivity contribution in [1.82, 2.24) is 0 Å². The van der Waals surface area contributed by atoms with Crippen LogP contribution in [0.1, 0.15) is 51.4 Å². The van der Waals surface area contributed by atoms with Crippen LogP contribution in [-0.2, 0) is 12.8 Å². The highest BCUT2D eigenvalue weighted by Crippen LogP contribution is 2.39. The maximum absolute atomic E-state index is 12.7. The van der Waals surface area contributed by atoms with E-state index in [9.17, 15) is 19.7 Å². The molecule has 3 N–H and O–H groups in total. The number of hydrogen-bond acceptors (Lipinski definition) is 6. The Morgan fingerprint density at radius 1 is 1.43 bits per heavy atom. The molecule has 1 heterocycles. The molecule has 148 valence electrons. The Bertz CT molecular complexity index is 953. The van der Waals surface area contributed by atoms with Crippen LogP contribution in [0, 0.1) is 16.0 Å². The molecule has 1 aliphatic rings. The van der Waals surface area contributed by atoms with Crippen LogP contribution in [0.15, 0.2) is 18.2 Å². The van der Waals surface area contributed by atoms with E-state index in [-0.39, 0.29) is 23.6 Å². The summed E-state index contributed by atoms with van der Waals surface area (Å²) in [5, 5.41) is 14.4. The van der Waals surface area contributed by atoms with E-state index in [4.69, 9.17) is 10.5 Å². The summed E-state index contributed by atoms with van der Waals surface area (Å²) in [6, 6.07) is 4.01. The van der Waals surface area contributed by atoms with Crippen LogP contribution < -0.4 is 15.8 Å². The van der Waals surface area contributed by atoms with Gasteiger partial charge in [-0.25, -0.2) is 0 Å². The molecule has 2 amide bonds. The van der Waals surface area contributed by atoms with Crippen molar-refractivity contribution < 1.29 is 19.2 Å². The summed E-state index contributed by atoms with van der Waals surface area (Å²) in [6.45, 7) is 4.13. The van der Waals surface area contributed by atoms with Gasteiger partial charge in [-0.3, -0.25) is 19.7 Å². The molecule has 0 unspecified atom stereocenters. The molecule has 0 spiro atoms. The van der Waals surface area contributed by atoms with Crippen molar-refractivity contribution in [3.63, 3.8) is 0 Å². The number of hydrogen-bond donors (Lipinski definition) is 2. The molecule has 0 aliphatic heterocycles. The van der Waals surface area contributed by atoms with Crippen LogP contribution in [0.25, 0.3) is 0 Å². The minimum absolute atomic E-state index is 0.0995. The number of anilines is 1. The first-order valence-electron chi connectivity index (χ1n) is 8.98. The highest BCUT2D eigenvalue weighted by molar-refractivity contribution is 7.17. The lowest BCUT2D eigenvalue weighted by atomic mass is 9.88. The molecule has 1 aromatic carbocycles. The fourth-order valence-corrected chi connectivity index (χ4v) is 4.76. The summed E-state index contributed by atoms with van der Waals surface area (Å²) in [7, 11) is 0. The summed E-state index contributed by atoms with van der Waals surface area (Å²) in [5.41, 5.74) is 6.63. The molecular weight excluding hydrogens is 382 g/mol. The highest BCUT2D eigenvalue weighted by atomic mass is 32.1. The fraction of sp³-hybridized carbons (Fsp3) is 0.368. The smallest absolute Gasteiger partial charge is 0.311 e. The van der Waals surface area contributed by atoms with Gasteiger partial charge in [0.05, 0.1) is 17.1 Å². The van der Waals surface area contributed by atoms with Crippen LogP contribution in [0.2, 0.25) is 0 Å². The van der Waals surface area contributed by atoms with Gasteiger partial charge in [-0.05, 0) is 49.8 Å². The van der Waals surface area contributed by atoms with Crippen molar-refractivity contribution in [2.24, 2.45) is 11.7 Å². The lowest BCUT2D eigenvalue weighted by molar-refractivity contribution is -0.385. The zero-order chi connectivity index (χ0) is 20.4. The molecule has 0 bridgehead atoms. The number of nitro groups is 1. The number of primary amides is 1. The van der Waals surface area contributed by atoms with E-state index in [0.29, 0.717) is 16.5 Å². The van der Waals surface area contributed by atoms with Crippen LogP contribution in [0.4, 0.5) is 10.7 Å². The number of nitrogens with one attached hydrogen (secondary N) is 1. The second-order valence-corrected chi connectivity index (χ2v) is 7.85. The van der Waals surface area contributed by atoms with Crippen molar-refractivity contribution in [2.75, 3.05) is 11.9 Å². The van der Waals surface area contributed by atoms with E-state index in [2.05, 4.69) is 12.2 Å². The number of carbonyl (C=O) groups is 2. The van der Waals surface area contributed by atoms with Gasteiger partial charge in [0.15, 0.2) is 5.75 Å². The largest absolute Gasteiger partial charge is 0.487 e. The summed E-state index contributed by atoms with van der Waals surface area (Å²) >= 11 is 1.35. The standard InChI is InChI=1S/C19H21N3O5S/c1-3-27-14-7-5-11(9-13(14)22(25)26)18(24)21-19-16(17(20)23)12-6-4-10(2)8-15(12)28-19/h5,7,9-10H,3-4,6,8H2,1-2H3,(H2,20,23)(H,21,24)/t10-/m0/s1. The maximum Gasteiger partial charge on any atom is 0.311 e. The Labute approximate surface area is 165 Å². The first-order valence-corrected chi connectivity index (χ1v) is 9.80. The molecular formula is C19H21N3O5S. The zero-order valence-corrected chi connectivity index (χ0v) is 16.4. The van der Waals surface area contributed by atoms with E-state index in [1.165, 1.54) is 29.5 Å². The van der Waals surface area contributed by atoms with Crippen LogP contribution in [0.3, 0.4) is 0 Å². The normalized spacial score (nSPS) is 15.6. The minimum atomic E-state index is -0.595. The summed E-state index contributed by atoms with van der Waals surface area (Å²) in [4.78, 5) is 36.4. The minimum Gasteiger partial charge on any atom is -0.487 e. The summed E-state index contributed by atoms with van der Waals surface area (Å²) in [6.07, 6.45) is 2.54. The number of thiophene rings is 1. The quantitative estimate of drug-likeness (QED) is 0.564. The van der Waals surface area contributed by atoms with Gasteiger partial charge in [0, 0.05) is 16.5 Å². The number of amides is 2. The number of benzene rings is 1. The molecule has 1 aromatic heterocycles. The molecule has 1 atom stereocenters. The molecule has 3 rings (SSSR count). The number of nitrogens with zero attached hydrogens (tertiary/aromatic N) is 1. The molecule has 0 saturated heterocycles. The number of fused-ring (bicyclic) bond motifs is 1. The zero-order valence-electron chi connectivity index (χ0n) is 15.6. The third-order valence-electron chi connectivity index (χ3n) is 4.70. The Hall–Kier alpha value is -2.94. The molecule has 2 aromatic rings. The first kappa shape index (κ1) is 19.8. The van der Waals surface area contributed by atoms with Crippen LogP contribution >= 0.6 is 11.3 Å². The average molecular weight is 403 g/mol. The molecule has 8 nitrogen and oxygen atoms in total. The lowest BCUT2D eigenvalue weighted by Gasteiger charge is -2.18. The number of ether oxygens (including phenoxy) is 1. The van der Waals surface area contributed by atoms with Crippen molar-refractivity contribution in [2.45, 2.75) is 33.1 Å². The van der Waals surface area contributed by atoms with E-state index >= 15 is 0 Å². The van der Waals surface area contributed by atoms with Crippen molar-refractivity contribution in [1.29, 1.82) is 0 Å². The molecule has 9 heteroatoms. The fourth-order valence-electron chi connectivity index (χ4n) is 3.35. The first-order chi connectivity index (χ1) is 13.3. The topological polar surface area (TPSA) is 125 Å². The molecule has 0 fully saturated rings. The maximum atomic E-state index is 12.7. The van der Waals surface area contributed by atoms with Crippen LogP contribution in [-0.4, -0.2) is 23.3 Å². The average Bonchev–Trinajstić information content (AvgIpc) is 2.98. The Kier molecular flexibility index (Phi) is 5.64. The third kappa shape index (κ3) is 3.84. The Morgan fingerprint density at radius 3 is 2.82 bits per heavy atom. The molecule has 0 radical (unpaired) electrons. The number of nitro benzene ring substituents is 1. The van der Waals surface area contributed by atoms with E-state index in [1.54, 1.807) is 6.92 Å². The van der Waals surface area contributed by atoms with E-state index < -0.39 is 16.7 Å². The highest BCUT2D eigenvalue weighted by Gasteiger charge is 2.28. The van der Waals surface area contributed by atoms with Gasteiger partial charge >= 0.3 is 5.69 Å². The van der Waals surface area contributed by atoms with Gasteiger partial charge < -0.3 is 15.8 Å². The van der Waals surface area contributed by atoms with Gasteiger partial charge in [0.25, 0.3) is 11.8 Å². The van der Waals surface area contributed by atoms with Crippen molar-refractivity contribution in [3.05, 3.63) is 49.9 Å². The molecule has 0 saturated carbocycles. The van der Waals surface area contributed by atoms with Crippen LogP contribution in [0.5, 0.6) is 5.75 Å². The number of carbonyl (C=O) groups excluding carboxylic acids is 2. The number of rotatable bonds is 6. The van der Waals surface area contributed by atoms with Crippen molar-refractivity contribution in [3.8, 4) is 5.75 Å². The van der Waals surface area contributed by atoms with Gasteiger partial charge in [0.1, 0.15) is 5.00 Å². The Balaban J connectivity index is 1.92.